The van der Waals surface area contributed by atoms with Gasteiger partial charge in [-0.3, -0.25) is 0 Å². The van der Waals surface area contributed by atoms with E-state index in [2.05, 4.69) is 20.3 Å². The van der Waals surface area contributed by atoms with Crippen LogP contribution in [0, 0.1) is 12.9 Å². The maximum absolute atomic E-state index is 12.8. The topological polar surface area (TPSA) is 50.7 Å². The summed E-state index contributed by atoms with van der Waals surface area (Å²) < 4.78 is 12.8. The summed E-state index contributed by atoms with van der Waals surface area (Å²) in [7, 11) is 0. The third kappa shape index (κ3) is 2.52. The van der Waals surface area contributed by atoms with Crippen LogP contribution in [0.2, 0.25) is 0 Å². The van der Waals surface area contributed by atoms with Crippen molar-refractivity contribution in [1.82, 2.24) is 15.0 Å². The van der Waals surface area contributed by atoms with Gasteiger partial charge in [-0.1, -0.05) is 0 Å². The molecular weight excluding hydrogens is 227 g/mol. The first-order valence-corrected chi connectivity index (χ1v) is 5.69. The molecule has 1 unspecified atom stereocenters. The zero-order chi connectivity index (χ0) is 11.5. The second-order valence-corrected chi connectivity index (χ2v) is 4.31. The molecule has 0 aliphatic rings. The molecule has 0 fully saturated rings. The molecule has 2 aromatic rings. The van der Waals surface area contributed by atoms with Crippen LogP contribution in [0.15, 0.2) is 17.8 Å². The number of halogens is 1. The minimum Gasteiger partial charge on any atom is -0.361 e. The number of hydrogen-bond acceptors (Lipinski definition) is 5. The van der Waals surface area contributed by atoms with Crippen molar-refractivity contribution in [2.75, 3.05) is 5.32 Å². The van der Waals surface area contributed by atoms with Crippen molar-refractivity contribution in [3.63, 3.8) is 0 Å². The molecule has 0 aliphatic carbocycles. The fourth-order valence-electron chi connectivity index (χ4n) is 1.27. The summed E-state index contributed by atoms with van der Waals surface area (Å²) in [5, 5.41) is 6.00. The van der Waals surface area contributed by atoms with Crippen LogP contribution in [0.1, 0.15) is 23.7 Å². The molecule has 0 aliphatic heterocycles. The molecule has 2 heterocycles. The first kappa shape index (κ1) is 10.9. The SMILES string of the molecule is Cc1csc(C(C)Nc2cc(F)ncn2)n1. The Bertz CT molecular complexity index is 485. The van der Waals surface area contributed by atoms with Gasteiger partial charge in [0.05, 0.1) is 6.04 Å². The molecule has 6 heteroatoms. The largest absolute Gasteiger partial charge is 0.361 e. The molecule has 0 aromatic carbocycles. The van der Waals surface area contributed by atoms with Gasteiger partial charge in [0, 0.05) is 17.1 Å². The zero-order valence-corrected chi connectivity index (χ0v) is 9.75. The third-order valence-electron chi connectivity index (χ3n) is 2.01. The van der Waals surface area contributed by atoms with Crippen LogP contribution in [-0.2, 0) is 0 Å². The summed E-state index contributed by atoms with van der Waals surface area (Å²) in [5.41, 5.74) is 0.988. The van der Waals surface area contributed by atoms with Crippen LogP contribution in [0.25, 0.3) is 0 Å². The van der Waals surface area contributed by atoms with Crippen molar-refractivity contribution in [3.8, 4) is 0 Å². The van der Waals surface area contributed by atoms with Crippen LogP contribution in [0.3, 0.4) is 0 Å². The second-order valence-electron chi connectivity index (χ2n) is 3.42. The fourth-order valence-corrected chi connectivity index (χ4v) is 2.07. The summed E-state index contributed by atoms with van der Waals surface area (Å²) >= 11 is 1.57. The van der Waals surface area contributed by atoms with Gasteiger partial charge in [0.15, 0.2) is 0 Å². The Morgan fingerprint density at radius 1 is 1.44 bits per heavy atom. The van der Waals surface area contributed by atoms with Crippen molar-refractivity contribution in [2.24, 2.45) is 0 Å². The number of anilines is 1. The van der Waals surface area contributed by atoms with Gasteiger partial charge in [0.25, 0.3) is 0 Å². The van der Waals surface area contributed by atoms with Gasteiger partial charge in [0.1, 0.15) is 17.2 Å². The average Bonchev–Trinajstić information content (AvgIpc) is 2.65. The molecule has 0 amide bonds. The van der Waals surface area contributed by atoms with E-state index in [-0.39, 0.29) is 6.04 Å². The fraction of sp³-hybridized carbons (Fsp3) is 0.300. The van der Waals surface area contributed by atoms with E-state index in [0.717, 1.165) is 10.7 Å². The van der Waals surface area contributed by atoms with Gasteiger partial charge < -0.3 is 5.32 Å². The molecule has 1 N–H and O–H groups in total. The predicted molar refractivity (Wildman–Crippen MR) is 60.9 cm³/mol. The summed E-state index contributed by atoms with van der Waals surface area (Å²) in [6.45, 7) is 3.90. The monoisotopic (exact) mass is 238 g/mol. The lowest BCUT2D eigenvalue weighted by molar-refractivity contribution is 0.579. The summed E-state index contributed by atoms with van der Waals surface area (Å²) in [5.74, 6) is -0.0760. The Balaban J connectivity index is 2.10. The molecule has 4 nitrogen and oxygen atoms in total. The molecule has 0 saturated heterocycles. The van der Waals surface area contributed by atoms with E-state index in [1.54, 1.807) is 11.3 Å². The molecule has 2 aromatic heterocycles. The number of aromatic nitrogens is 3. The molecule has 84 valence electrons. The van der Waals surface area contributed by atoms with Crippen molar-refractivity contribution >= 4 is 17.2 Å². The highest BCUT2D eigenvalue weighted by Crippen LogP contribution is 2.21. The molecule has 1 atom stereocenters. The number of nitrogens with one attached hydrogen (secondary N) is 1. The Labute approximate surface area is 96.6 Å². The minimum atomic E-state index is -0.542. The molecule has 16 heavy (non-hydrogen) atoms. The number of thiazole rings is 1. The minimum absolute atomic E-state index is 0.00741. The first-order chi connectivity index (χ1) is 7.65. The average molecular weight is 238 g/mol. The van der Waals surface area contributed by atoms with Gasteiger partial charge in [0.2, 0.25) is 5.95 Å². The lowest BCUT2D eigenvalue weighted by atomic mass is 10.3. The lowest BCUT2D eigenvalue weighted by Crippen LogP contribution is -2.08. The number of nitrogens with zero attached hydrogens (tertiary/aromatic N) is 3. The standard InChI is InChI=1S/C10H11FN4S/c1-6-4-16-10(14-6)7(2)15-9-3-8(11)12-5-13-9/h3-5,7H,1-2H3,(H,12,13,15). The smallest absolute Gasteiger partial charge is 0.217 e. The van der Waals surface area contributed by atoms with Crippen LogP contribution < -0.4 is 5.32 Å². The molecule has 0 saturated carbocycles. The maximum Gasteiger partial charge on any atom is 0.217 e. The third-order valence-corrected chi connectivity index (χ3v) is 3.15. The van der Waals surface area contributed by atoms with E-state index < -0.39 is 5.95 Å². The van der Waals surface area contributed by atoms with Gasteiger partial charge in [-0.25, -0.2) is 15.0 Å². The highest BCUT2D eigenvalue weighted by Gasteiger charge is 2.10. The zero-order valence-electron chi connectivity index (χ0n) is 8.94. The Morgan fingerprint density at radius 3 is 2.88 bits per heavy atom. The Hall–Kier alpha value is -1.56. The second kappa shape index (κ2) is 4.52. The maximum atomic E-state index is 12.8. The summed E-state index contributed by atoms with van der Waals surface area (Å²) in [6, 6.07) is 1.27. The van der Waals surface area contributed by atoms with Crippen LogP contribution in [-0.4, -0.2) is 15.0 Å². The van der Waals surface area contributed by atoms with Crippen LogP contribution in [0.5, 0.6) is 0 Å². The quantitative estimate of drug-likeness (QED) is 0.835. The summed E-state index contributed by atoms with van der Waals surface area (Å²) in [6.07, 6.45) is 1.19. The highest BCUT2D eigenvalue weighted by molar-refractivity contribution is 7.09. The normalized spacial score (nSPS) is 12.4. The van der Waals surface area contributed by atoms with E-state index in [1.807, 2.05) is 19.2 Å². The number of aryl methyl sites for hydroxylation is 1. The van der Waals surface area contributed by atoms with E-state index in [0.29, 0.717) is 5.82 Å². The van der Waals surface area contributed by atoms with Gasteiger partial charge in [-0.15, -0.1) is 11.3 Å². The van der Waals surface area contributed by atoms with E-state index in [9.17, 15) is 4.39 Å². The van der Waals surface area contributed by atoms with Crippen LogP contribution in [0.4, 0.5) is 10.2 Å². The Morgan fingerprint density at radius 2 is 2.25 bits per heavy atom. The van der Waals surface area contributed by atoms with Gasteiger partial charge in [-0.2, -0.15) is 4.39 Å². The number of rotatable bonds is 3. The Kier molecular flexibility index (Phi) is 3.09. The predicted octanol–water partition coefficient (Wildman–Crippen LogP) is 2.55. The molecule has 0 spiro atoms. The van der Waals surface area contributed by atoms with E-state index in [1.165, 1.54) is 12.4 Å². The first-order valence-electron chi connectivity index (χ1n) is 4.81. The summed E-state index contributed by atoms with van der Waals surface area (Å²) in [4.78, 5) is 11.7. The van der Waals surface area contributed by atoms with Crippen LogP contribution >= 0.6 is 11.3 Å². The van der Waals surface area contributed by atoms with Crippen molar-refractivity contribution in [1.29, 1.82) is 0 Å². The van der Waals surface area contributed by atoms with Crippen molar-refractivity contribution in [2.45, 2.75) is 19.9 Å². The van der Waals surface area contributed by atoms with Gasteiger partial charge in [-0.05, 0) is 13.8 Å². The number of hydrogen-bond donors (Lipinski definition) is 1. The lowest BCUT2D eigenvalue weighted by Gasteiger charge is -2.11. The molecular formula is C10H11FN4S. The van der Waals surface area contributed by atoms with E-state index >= 15 is 0 Å². The van der Waals surface area contributed by atoms with Crippen molar-refractivity contribution < 1.29 is 4.39 Å². The molecule has 0 radical (unpaired) electrons. The molecule has 2 rings (SSSR count). The van der Waals surface area contributed by atoms with E-state index in [4.69, 9.17) is 0 Å². The highest BCUT2D eigenvalue weighted by atomic mass is 32.1. The molecule has 0 bridgehead atoms. The van der Waals surface area contributed by atoms with Crippen molar-refractivity contribution in [3.05, 3.63) is 34.4 Å². The van der Waals surface area contributed by atoms with Gasteiger partial charge >= 0.3 is 0 Å².